The fourth-order valence-corrected chi connectivity index (χ4v) is 1.26. The van der Waals surface area contributed by atoms with Crippen molar-refractivity contribution >= 4 is 12.0 Å². The van der Waals surface area contributed by atoms with Crippen molar-refractivity contribution in [3.05, 3.63) is 41.2 Å². The molecule has 1 rings (SSSR count). The first-order valence-corrected chi connectivity index (χ1v) is 5.12. The maximum atomic E-state index is 13.3. The van der Waals surface area contributed by atoms with Crippen LogP contribution in [0.4, 0.5) is 17.6 Å². The van der Waals surface area contributed by atoms with Gasteiger partial charge in [-0.2, -0.15) is 13.2 Å². The minimum atomic E-state index is -4.42. The number of benzene rings is 1. The van der Waals surface area contributed by atoms with Crippen molar-refractivity contribution in [2.24, 2.45) is 0 Å². The summed E-state index contributed by atoms with van der Waals surface area (Å²) in [4.78, 5) is 10.3. The van der Waals surface area contributed by atoms with Gasteiger partial charge in [-0.3, -0.25) is 0 Å². The van der Waals surface area contributed by atoms with E-state index in [4.69, 9.17) is 5.11 Å². The highest BCUT2D eigenvalue weighted by molar-refractivity contribution is 5.85. The van der Waals surface area contributed by atoms with Crippen LogP contribution in [0.25, 0.3) is 6.08 Å². The Bertz CT molecular complexity index is 480. The first kappa shape index (κ1) is 15.2. The fraction of sp³-hybridized carbons (Fsp3) is 0.250. The van der Waals surface area contributed by atoms with Crippen LogP contribution in [0.2, 0.25) is 0 Å². The number of halogens is 4. The van der Waals surface area contributed by atoms with E-state index >= 15 is 0 Å². The molecule has 7 heteroatoms. The van der Waals surface area contributed by atoms with E-state index in [-0.39, 0.29) is 12.2 Å². The van der Waals surface area contributed by atoms with Crippen molar-refractivity contribution in [1.82, 2.24) is 0 Å². The summed E-state index contributed by atoms with van der Waals surface area (Å²) < 4.78 is 53.2. The van der Waals surface area contributed by atoms with Crippen LogP contribution in [0.15, 0.2) is 24.3 Å². The summed E-state index contributed by atoms with van der Waals surface area (Å²) in [7, 11) is 0. The Hall–Kier alpha value is -1.89. The lowest BCUT2D eigenvalue weighted by Gasteiger charge is -2.08. The SMILES string of the molecule is O=C(O)/C=C/c1cc(COCC(F)(F)F)ccc1F. The molecule has 1 N–H and O–H groups in total. The van der Waals surface area contributed by atoms with E-state index in [2.05, 4.69) is 4.74 Å². The highest BCUT2D eigenvalue weighted by atomic mass is 19.4. The molecule has 0 aromatic heterocycles. The molecule has 19 heavy (non-hydrogen) atoms. The van der Waals surface area contributed by atoms with Gasteiger partial charge in [-0.25, -0.2) is 9.18 Å². The molecule has 0 aliphatic rings. The Kier molecular flexibility index (Phi) is 5.05. The average molecular weight is 278 g/mol. The normalized spacial score (nSPS) is 12.0. The van der Waals surface area contributed by atoms with Gasteiger partial charge in [0.15, 0.2) is 0 Å². The Labute approximate surface area is 106 Å². The highest BCUT2D eigenvalue weighted by Gasteiger charge is 2.27. The second kappa shape index (κ2) is 6.33. The summed E-state index contributed by atoms with van der Waals surface area (Å²) in [6.45, 7) is -1.74. The second-order valence-corrected chi connectivity index (χ2v) is 3.64. The van der Waals surface area contributed by atoms with E-state index in [9.17, 15) is 22.4 Å². The molecule has 0 unspecified atom stereocenters. The van der Waals surface area contributed by atoms with Gasteiger partial charge in [-0.1, -0.05) is 6.07 Å². The maximum Gasteiger partial charge on any atom is 0.411 e. The van der Waals surface area contributed by atoms with Crippen molar-refractivity contribution in [2.75, 3.05) is 6.61 Å². The summed E-state index contributed by atoms with van der Waals surface area (Å²) in [5.74, 6) is -1.92. The van der Waals surface area contributed by atoms with Gasteiger partial charge in [0.05, 0.1) is 6.61 Å². The number of carboxylic acid groups (broad SMARTS) is 1. The van der Waals surface area contributed by atoms with Gasteiger partial charge in [0.2, 0.25) is 0 Å². The van der Waals surface area contributed by atoms with Crippen molar-refractivity contribution in [2.45, 2.75) is 12.8 Å². The Morgan fingerprint density at radius 2 is 2.05 bits per heavy atom. The highest BCUT2D eigenvalue weighted by Crippen LogP contribution is 2.17. The molecule has 1 aromatic rings. The number of hydrogen-bond acceptors (Lipinski definition) is 2. The van der Waals surface area contributed by atoms with E-state index in [1.165, 1.54) is 12.1 Å². The quantitative estimate of drug-likeness (QED) is 0.665. The first-order chi connectivity index (χ1) is 8.78. The molecule has 0 amide bonds. The molecule has 1 aromatic carbocycles. The van der Waals surface area contributed by atoms with E-state index in [0.717, 1.165) is 18.2 Å². The second-order valence-electron chi connectivity index (χ2n) is 3.64. The smallest absolute Gasteiger partial charge is 0.411 e. The zero-order chi connectivity index (χ0) is 14.5. The molecular weight excluding hydrogens is 268 g/mol. The van der Waals surface area contributed by atoms with Gasteiger partial charge in [0.25, 0.3) is 0 Å². The molecule has 104 valence electrons. The molecule has 3 nitrogen and oxygen atoms in total. The van der Waals surface area contributed by atoms with Gasteiger partial charge in [0, 0.05) is 11.6 Å². The monoisotopic (exact) mass is 278 g/mol. The predicted molar refractivity (Wildman–Crippen MR) is 58.8 cm³/mol. The molecule has 0 aliphatic carbocycles. The molecule has 0 saturated carbocycles. The van der Waals surface area contributed by atoms with Crippen molar-refractivity contribution in [3.8, 4) is 0 Å². The molecule has 0 saturated heterocycles. The molecule has 0 heterocycles. The summed E-state index contributed by atoms with van der Waals surface area (Å²) in [5, 5.41) is 8.41. The summed E-state index contributed by atoms with van der Waals surface area (Å²) in [6, 6.07) is 3.53. The largest absolute Gasteiger partial charge is 0.478 e. The Morgan fingerprint density at radius 3 is 2.63 bits per heavy atom. The van der Waals surface area contributed by atoms with Crippen LogP contribution in [0.5, 0.6) is 0 Å². The fourth-order valence-electron chi connectivity index (χ4n) is 1.26. The number of aliphatic carboxylic acids is 1. The molecule has 0 spiro atoms. The van der Waals surface area contributed by atoms with Crippen LogP contribution < -0.4 is 0 Å². The third-order valence-electron chi connectivity index (χ3n) is 2.00. The lowest BCUT2D eigenvalue weighted by molar-refractivity contribution is -0.176. The van der Waals surface area contributed by atoms with Gasteiger partial charge >= 0.3 is 12.1 Å². The number of carbonyl (C=O) groups is 1. The topological polar surface area (TPSA) is 46.5 Å². The van der Waals surface area contributed by atoms with E-state index < -0.39 is 24.6 Å². The van der Waals surface area contributed by atoms with E-state index in [1.54, 1.807) is 0 Å². The van der Waals surface area contributed by atoms with Gasteiger partial charge < -0.3 is 9.84 Å². The van der Waals surface area contributed by atoms with Gasteiger partial charge in [0.1, 0.15) is 12.4 Å². The zero-order valence-electron chi connectivity index (χ0n) is 9.58. The molecule has 0 radical (unpaired) electrons. The summed E-state index contributed by atoms with van der Waals surface area (Å²) in [5.41, 5.74) is 0.284. The van der Waals surface area contributed by atoms with Crippen LogP contribution in [0.3, 0.4) is 0 Å². The minimum absolute atomic E-state index is 0.0319. The predicted octanol–water partition coefficient (Wildman–Crippen LogP) is 3.00. The number of hydrogen-bond donors (Lipinski definition) is 1. The number of rotatable bonds is 5. The van der Waals surface area contributed by atoms with Gasteiger partial charge in [-0.15, -0.1) is 0 Å². The lowest BCUT2D eigenvalue weighted by Crippen LogP contribution is -2.16. The van der Waals surface area contributed by atoms with E-state index in [0.29, 0.717) is 5.56 Å². The standard InChI is InChI=1S/C12H10F4O3/c13-10-3-1-8(6-19-7-12(14,15)16)5-9(10)2-4-11(17)18/h1-5H,6-7H2,(H,17,18)/b4-2+. The maximum absolute atomic E-state index is 13.3. The third kappa shape index (κ3) is 6.01. The number of carboxylic acids is 1. The van der Waals surface area contributed by atoms with Crippen molar-refractivity contribution in [3.63, 3.8) is 0 Å². The molecule has 0 aliphatic heterocycles. The Morgan fingerprint density at radius 1 is 1.37 bits per heavy atom. The Balaban J connectivity index is 2.71. The average Bonchev–Trinajstić information content (AvgIpc) is 2.27. The van der Waals surface area contributed by atoms with Crippen molar-refractivity contribution < 1.29 is 32.2 Å². The molecule has 0 fully saturated rings. The molecule has 0 bridgehead atoms. The van der Waals surface area contributed by atoms with Crippen LogP contribution in [0.1, 0.15) is 11.1 Å². The summed E-state index contributed by atoms with van der Waals surface area (Å²) >= 11 is 0. The van der Waals surface area contributed by atoms with Crippen LogP contribution in [0, 0.1) is 5.82 Å². The lowest BCUT2D eigenvalue weighted by atomic mass is 10.1. The minimum Gasteiger partial charge on any atom is -0.478 e. The van der Waals surface area contributed by atoms with Crippen molar-refractivity contribution in [1.29, 1.82) is 0 Å². The van der Waals surface area contributed by atoms with Gasteiger partial charge in [-0.05, 0) is 23.8 Å². The van der Waals surface area contributed by atoms with Crippen LogP contribution in [-0.4, -0.2) is 23.9 Å². The number of ether oxygens (including phenoxy) is 1. The first-order valence-electron chi connectivity index (χ1n) is 5.12. The molecule has 0 atom stereocenters. The van der Waals surface area contributed by atoms with Crippen LogP contribution in [-0.2, 0) is 16.1 Å². The van der Waals surface area contributed by atoms with E-state index in [1.807, 2.05) is 0 Å². The summed E-state index contributed by atoms with van der Waals surface area (Å²) in [6.07, 6.45) is -2.67. The third-order valence-corrected chi connectivity index (χ3v) is 2.00. The zero-order valence-corrected chi connectivity index (χ0v) is 9.58. The number of alkyl halides is 3. The molecular formula is C12H10F4O3. The van der Waals surface area contributed by atoms with Crippen LogP contribution >= 0.6 is 0 Å².